The Balaban J connectivity index is 0.000000318. The summed E-state index contributed by atoms with van der Waals surface area (Å²) in [7, 11) is 2.13. The number of carbonyl (C=O) groups excluding carboxylic acids is 1. The van der Waals surface area contributed by atoms with Gasteiger partial charge in [0.1, 0.15) is 12.5 Å². The van der Waals surface area contributed by atoms with E-state index in [0.29, 0.717) is 11.1 Å². The van der Waals surface area contributed by atoms with Crippen LogP contribution < -0.4 is 5.73 Å². The van der Waals surface area contributed by atoms with Gasteiger partial charge in [-0.15, -0.1) is 0 Å². The molecule has 0 spiro atoms. The lowest BCUT2D eigenvalue weighted by Crippen LogP contribution is -2.29. The highest BCUT2D eigenvalue weighted by atomic mass is 35.5. The van der Waals surface area contributed by atoms with Gasteiger partial charge in [-0.25, -0.2) is 0 Å². The number of halogens is 1. The minimum atomic E-state index is -0.278. The number of hydrogen-bond acceptors (Lipinski definition) is 6. The van der Waals surface area contributed by atoms with Crippen molar-refractivity contribution < 1.29 is 9.63 Å². The molecule has 2 aliphatic rings. The van der Waals surface area contributed by atoms with Gasteiger partial charge in [-0.2, -0.15) is 5.06 Å². The van der Waals surface area contributed by atoms with Gasteiger partial charge in [0.05, 0.1) is 17.1 Å². The van der Waals surface area contributed by atoms with Crippen molar-refractivity contribution in [2.75, 3.05) is 20.1 Å². The van der Waals surface area contributed by atoms with Gasteiger partial charge in [-0.1, -0.05) is 49.7 Å². The first-order chi connectivity index (χ1) is 14.4. The van der Waals surface area contributed by atoms with Gasteiger partial charge in [0, 0.05) is 31.0 Å². The number of hydrogen-bond donors (Lipinski definition) is 1. The lowest BCUT2D eigenvalue weighted by molar-refractivity contribution is -0.167. The number of benzene rings is 1. The van der Waals surface area contributed by atoms with Gasteiger partial charge in [0.25, 0.3) is 0 Å². The van der Waals surface area contributed by atoms with Crippen molar-refractivity contribution in [2.45, 2.75) is 45.0 Å². The number of likely N-dealkylation sites (tertiary alicyclic amines) is 1. The summed E-state index contributed by atoms with van der Waals surface area (Å²) in [4.78, 5) is 22.2. The molecule has 4 rings (SSSR count). The molecule has 2 aromatic rings. The van der Waals surface area contributed by atoms with E-state index in [0.717, 1.165) is 36.9 Å². The fourth-order valence-corrected chi connectivity index (χ4v) is 3.56. The monoisotopic (exact) mass is 430 g/mol. The Labute approximate surface area is 183 Å². The highest BCUT2D eigenvalue weighted by Gasteiger charge is 2.40. The molecule has 2 aliphatic heterocycles. The van der Waals surface area contributed by atoms with E-state index in [9.17, 15) is 4.79 Å². The van der Waals surface area contributed by atoms with Crippen molar-refractivity contribution in [2.24, 2.45) is 11.7 Å². The molecule has 4 atom stereocenters. The molecule has 6 nitrogen and oxygen atoms in total. The summed E-state index contributed by atoms with van der Waals surface area (Å²) in [6, 6.07) is 10.6. The van der Waals surface area contributed by atoms with Crippen molar-refractivity contribution in [1.82, 2.24) is 14.9 Å². The molecule has 0 radical (unpaired) electrons. The van der Waals surface area contributed by atoms with Gasteiger partial charge >= 0.3 is 0 Å². The Morgan fingerprint density at radius 2 is 2.00 bits per heavy atom. The predicted molar refractivity (Wildman–Crippen MR) is 120 cm³/mol. The van der Waals surface area contributed by atoms with Crippen LogP contribution in [0.3, 0.4) is 0 Å². The highest BCUT2D eigenvalue weighted by molar-refractivity contribution is 6.33. The zero-order valence-corrected chi connectivity index (χ0v) is 18.6. The van der Waals surface area contributed by atoms with Crippen molar-refractivity contribution in [3.05, 3.63) is 53.3 Å². The Morgan fingerprint density at radius 3 is 2.53 bits per heavy atom. The number of nitrogens with zero attached hydrogens (tertiary/aromatic N) is 3. The van der Waals surface area contributed by atoms with Crippen LogP contribution in [-0.2, 0) is 9.63 Å². The maximum absolute atomic E-state index is 9.82. The molecule has 4 unspecified atom stereocenters. The van der Waals surface area contributed by atoms with Crippen molar-refractivity contribution in [3.63, 3.8) is 0 Å². The Bertz CT molecular complexity index is 830. The van der Waals surface area contributed by atoms with E-state index in [4.69, 9.17) is 22.2 Å². The van der Waals surface area contributed by atoms with Crippen molar-refractivity contribution in [3.8, 4) is 11.1 Å². The quantitative estimate of drug-likeness (QED) is 0.553. The van der Waals surface area contributed by atoms with Crippen LogP contribution in [0, 0.1) is 5.92 Å². The lowest BCUT2D eigenvalue weighted by atomic mass is 10.0. The first kappa shape index (κ1) is 22.8. The Morgan fingerprint density at radius 1 is 1.27 bits per heavy atom. The second kappa shape index (κ2) is 10.5. The van der Waals surface area contributed by atoms with Crippen LogP contribution in [-0.4, -0.2) is 53.6 Å². The molecule has 7 heteroatoms. The molecular formula is C23H31ClN4O2. The smallest absolute Gasteiger partial charge is 0.136 e. The van der Waals surface area contributed by atoms with Crippen LogP contribution in [0.4, 0.5) is 0 Å². The molecule has 3 heterocycles. The molecular weight excluding hydrogens is 400 g/mol. The summed E-state index contributed by atoms with van der Waals surface area (Å²) < 4.78 is 0. The van der Waals surface area contributed by atoms with Gasteiger partial charge in [0.15, 0.2) is 0 Å². The van der Waals surface area contributed by atoms with Gasteiger partial charge < -0.3 is 10.5 Å². The third-order valence-corrected chi connectivity index (χ3v) is 5.88. The van der Waals surface area contributed by atoms with Crippen molar-refractivity contribution in [1.29, 1.82) is 0 Å². The minimum absolute atomic E-state index is 0.245. The normalized spacial score (nSPS) is 24.3. The first-order valence-electron chi connectivity index (χ1n) is 10.4. The van der Waals surface area contributed by atoms with Crippen LogP contribution >= 0.6 is 11.6 Å². The van der Waals surface area contributed by atoms with E-state index in [-0.39, 0.29) is 18.2 Å². The van der Waals surface area contributed by atoms with E-state index in [1.54, 1.807) is 12.4 Å². The first-order valence-corrected chi connectivity index (χ1v) is 10.8. The van der Waals surface area contributed by atoms with Crippen LogP contribution in [0.25, 0.3) is 11.1 Å². The van der Waals surface area contributed by atoms with Crippen molar-refractivity contribution >= 4 is 17.9 Å². The molecule has 2 fully saturated rings. The number of carbonyl (C=O) groups is 1. The minimum Gasteiger partial charge on any atom is -0.322 e. The molecule has 0 aliphatic carbocycles. The third-order valence-electron chi connectivity index (χ3n) is 5.58. The number of aromatic nitrogens is 1. The van der Waals surface area contributed by atoms with Crippen LogP contribution in [0.2, 0.25) is 5.02 Å². The largest absolute Gasteiger partial charge is 0.322 e. The summed E-state index contributed by atoms with van der Waals surface area (Å²) in [5.74, 6) is 0.275. The average molecular weight is 431 g/mol. The summed E-state index contributed by atoms with van der Waals surface area (Å²) in [5.41, 5.74) is 8.67. The molecule has 162 valence electrons. The summed E-state index contributed by atoms with van der Waals surface area (Å²) in [5, 5.41) is 2.77. The second-order valence-electron chi connectivity index (χ2n) is 8.23. The molecule has 30 heavy (non-hydrogen) atoms. The number of nitrogens with two attached hydrogens (primary N) is 1. The van der Waals surface area contributed by atoms with E-state index >= 15 is 0 Å². The molecule has 0 saturated carbocycles. The Hall–Kier alpha value is -1.83. The lowest BCUT2D eigenvalue weighted by Gasteiger charge is -2.20. The van der Waals surface area contributed by atoms with E-state index in [1.165, 1.54) is 12.0 Å². The zero-order valence-electron chi connectivity index (χ0n) is 17.9. The van der Waals surface area contributed by atoms with E-state index in [1.807, 2.05) is 19.9 Å². The number of hydroxylamine groups is 2. The van der Waals surface area contributed by atoms with Gasteiger partial charge in [0.2, 0.25) is 0 Å². The van der Waals surface area contributed by atoms with Gasteiger partial charge in [-0.3, -0.25) is 14.7 Å². The number of aldehydes is 1. The second-order valence-corrected chi connectivity index (χ2v) is 8.64. The fourth-order valence-electron chi connectivity index (χ4n) is 3.33. The third kappa shape index (κ3) is 5.86. The fraction of sp³-hybridized carbons (Fsp3) is 0.478. The van der Waals surface area contributed by atoms with E-state index < -0.39 is 0 Å². The summed E-state index contributed by atoms with van der Waals surface area (Å²) in [6.45, 7) is 5.93. The summed E-state index contributed by atoms with van der Waals surface area (Å²) >= 11 is 6.21. The number of pyridine rings is 1. The summed E-state index contributed by atoms with van der Waals surface area (Å²) in [6.07, 6.45) is 6.81. The topological polar surface area (TPSA) is 71.5 Å². The maximum Gasteiger partial charge on any atom is 0.136 e. The molecule has 0 amide bonds. The highest BCUT2D eigenvalue weighted by Crippen LogP contribution is 2.38. The zero-order chi connectivity index (χ0) is 21.7. The molecule has 2 saturated heterocycles. The molecule has 2 N–H and O–H groups in total. The molecule has 0 bridgehead atoms. The molecule has 1 aromatic heterocycles. The van der Waals surface area contributed by atoms with Crippen LogP contribution in [0.5, 0.6) is 0 Å². The van der Waals surface area contributed by atoms with Crippen LogP contribution in [0.1, 0.15) is 38.3 Å². The van der Waals surface area contributed by atoms with Gasteiger partial charge in [-0.05, 0) is 43.0 Å². The predicted octanol–water partition coefficient (Wildman–Crippen LogP) is 3.91. The van der Waals surface area contributed by atoms with Crippen LogP contribution in [0.15, 0.2) is 42.7 Å². The number of rotatable bonds is 6. The van der Waals surface area contributed by atoms with E-state index in [2.05, 4.69) is 46.3 Å². The molecule has 1 aromatic carbocycles. The SMILES string of the molecule is CC(C)C(N)C=O.CN1CCCC1ON1CC1c1ccc(-c2ccncc2Cl)cc1. The standard InChI is InChI=1S/C18H20ClN3O.C5H11NO/c1-21-10-2-3-18(21)23-22-12-17(22)14-6-4-13(5-7-14)15-8-9-20-11-16(15)19;1-4(2)5(6)3-7/h4-9,11,17-18H,2-3,10,12H2,1H3;3-5H,6H2,1-2H3. The average Bonchev–Trinajstić information content (AvgIpc) is 3.41. The maximum atomic E-state index is 9.82. The Kier molecular flexibility index (Phi) is 7.97.